The average molecular weight is 229 g/mol. The van der Waals surface area contributed by atoms with E-state index < -0.39 is 6.09 Å². The molecule has 15 heavy (non-hydrogen) atoms. The van der Waals surface area contributed by atoms with Gasteiger partial charge in [0.2, 0.25) is 5.13 Å². The number of carbonyl (C=O) groups is 1. The van der Waals surface area contributed by atoms with Crippen LogP contribution in [0.2, 0.25) is 0 Å². The number of ether oxygens (including phenoxy) is 1. The molecule has 0 saturated carbocycles. The van der Waals surface area contributed by atoms with Crippen LogP contribution in [0.3, 0.4) is 0 Å². The molecule has 0 unspecified atom stereocenters. The van der Waals surface area contributed by atoms with Crippen molar-refractivity contribution in [2.24, 2.45) is 0 Å². The summed E-state index contributed by atoms with van der Waals surface area (Å²) in [7, 11) is 0. The Hall–Kier alpha value is -1.17. The highest BCUT2D eigenvalue weighted by Crippen LogP contribution is 2.17. The second-order valence-electron chi connectivity index (χ2n) is 2.95. The van der Waals surface area contributed by atoms with Gasteiger partial charge in [-0.3, -0.25) is 5.32 Å². The fourth-order valence-corrected chi connectivity index (χ4v) is 1.75. The molecular formula is C9H15N3O2S. The first kappa shape index (κ1) is 11.9. The lowest BCUT2D eigenvalue weighted by molar-refractivity contribution is 0.168. The average Bonchev–Trinajstić information content (AvgIpc) is 2.63. The van der Waals surface area contributed by atoms with Gasteiger partial charge >= 0.3 is 6.09 Å². The molecular weight excluding hydrogens is 214 g/mol. The zero-order chi connectivity index (χ0) is 11.1. The van der Waals surface area contributed by atoms with Crippen LogP contribution in [-0.2, 0) is 11.2 Å². The number of amides is 1. The Kier molecular flexibility index (Phi) is 5.03. The van der Waals surface area contributed by atoms with Crippen molar-refractivity contribution < 1.29 is 9.53 Å². The Bertz CT molecular complexity index is 314. The van der Waals surface area contributed by atoms with Gasteiger partial charge in [0.15, 0.2) is 0 Å². The fraction of sp³-hybridized carbons (Fsp3) is 0.667. The molecule has 1 heterocycles. The highest BCUT2D eigenvalue weighted by atomic mass is 32.1. The summed E-state index contributed by atoms with van der Waals surface area (Å²) < 4.78 is 4.73. The number of carbonyl (C=O) groups excluding carboxylic acids is 1. The minimum Gasteiger partial charge on any atom is -0.450 e. The van der Waals surface area contributed by atoms with Crippen molar-refractivity contribution >= 4 is 22.6 Å². The van der Waals surface area contributed by atoms with Gasteiger partial charge in [-0.25, -0.2) is 4.79 Å². The topological polar surface area (TPSA) is 64.1 Å². The minimum absolute atomic E-state index is 0.354. The number of rotatable bonds is 5. The third kappa shape index (κ3) is 4.24. The van der Waals surface area contributed by atoms with Gasteiger partial charge in [-0.1, -0.05) is 24.7 Å². The standard InChI is InChI=1S/C9H15N3O2S/c1-3-5-6-7-11-12-8(15-7)10-9(13)14-4-2/h3-6H2,1-2H3,(H,10,12,13). The molecule has 0 aliphatic heterocycles. The Balaban J connectivity index is 2.42. The molecule has 1 rings (SSSR count). The van der Waals surface area contributed by atoms with E-state index in [1.54, 1.807) is 6.92 Å². The maximum absolute atomic E-state index is 11.0. The summed E-state index contributed by atoms with van der Waals surface area (Å²) in [6.45, 7) is 4.23. The van der Waals surface area contributed by atoms with Crippen LogP contribution in [0, 0.1) is 0 Å². The monoisotopic (exact) mass is 229 g/mol. The summed E-state index contributed by atoms with van der Waals surface area (Å²) in [5.74, 6) is 0. The Morgan fingerprint density at radius 1 is 1.47 bits per heavy atom. The number of nitrogens with one attached hydrogen (secondary N) is 1. The van der Waals surface area contributed by atoms with Crippen LogP contribution < -0.4 is 5.32 Å². The van der Waals surface area contributed by atoms with Gasteiger partial charge in [0.1, 0.15) is 5.01 Å². The SMILES string of the molecule is CCCCc1nnc(NC(=O)OCC)s1. The molecule has 0 aliphatic carbocycles. The van der Waals surface area contributed by atoms with Gasteiger partial charge < -0.3 is 4.74 Å². The predicted molar refractivity (Wildman–Crippen MR) is 59.2 cm³/mol. The first-order chi connectivity index (χ1) is 7.26. The predicted octanol–water partition coefficient (Wildman–Crippen LogP) is 2.45. The maximum atomic E-state index is 11.0. The van der Waals surface area contributed by atoms with E-state index >= 15 is 0 Å². The lowest BCUT2D eigenvalue weighted by Gasteiger charge is -1.99. The van der Waals surface area contributed by atoms with E-state index in [4.69, 9.17) is 4.74 Å². The van der Waals surface area contributed by atoms with Gasteiger partial charge in [-0.05, 0) is 13.3 Å². The van der Waals surface area contributed by atoms with Crippen molar-refractivity contribution in [3.05, 3.63) is 5.01 Å². The summed E-state index contributed by atoms with van der Waals surface area (Å²) in [5, 5.41) is 11.8. The van der Waals surface area contributed by atoms with Gasteiger partial charge in [0, 0.05) is 6.42 Å². The molecule has 0 atom stereocenters. The fourth-order valence-electron chi connectivity index (χ4n) is 0.988. The molecule has 0 aromatic carbocycles. The summed E-state index contributed by atoms with van der Waals surface area (Å²) >= 11 is 1.39. The van der Waals surface area contributed by atoms with Gasteiger partial charge in [-0.2, -0.15) is 0 Å². The molecule has 84 valence electrons. The van der Waals surface area contributed by atoms with Crippen molar-refractivity contribution in [1.82, 2.24) is 10.2 Å². The third-order valence-corrected chi connectivity index (χ3v) is 2.59. The third-order valence-electron chi connectivity index (χ3n) is 1.70. The molecule has 1 N–H and O–H groups in total. The molecule has 6 heteroatoms. The number of anilines is 1. The number of aryl methyl sites for hydroxylation is 1. The van der Waals surface area contributed by atoms with E-state index in [2.05, 4.69) is 22.4 Å². The minimum atomic E-state index is -0.476. The lowest BCUT2D eigenvalue weighted by atomic mass is 10.3. The summed E-state index contributed by atoms with van der Waals surface area (Å²) in [6, 6.07) is 0. The summed E-state index contributed by atoms with van der Waals surface area (Å²) in [6.07, 6.45) is 2.66. The molecule has 0 spiro atoms. The van der Waals surface area contributed by atoms with E-state index in [0.29, 0.717) is 11.7 Å². The molecule has 0 saturated heterocycles. The number of nitrogens with zero attached hydrogens (tertiary/aromatic N) is 2. The van der Waals surface area contributed by atoms with Crippen LogP contribution in [0.4, 0.5) is 9.93 Å². The van der Waals surface area contributed by atoms with Crippen molar-refractivity contribution in [2.45, 2.75) is 33.1 Å². The molecule has 1 aromatic heterocycles. The molecule has 1 amide bonds. The summed E-state index contributed by atoms with van der Waals surface area (Å²) in [5.41, 5.74) is 0. The smallest absolute Gasteiger partial charge is 0.413 e. The highest BCUT2D eigenvalue weighted by Gasteiger charge is 2.07. The molecule has 0 fully saturated rings. The van der Waals surface area contributed by atoms with Crippen molar-refractivity contribution in [1.29, 1.82) is 0 Å². The Morgan fingerprint density at radius 2 is 2.27 bits per heavy atom. The quantitative estimate of drug-likeness (QED) is 0.842. The number of aromatic nitrogens is 2. The molecule has 0 radical (unpaired) electrons. The van der Waals surface area contributed by atoms with Crippen LogP contribution in [0.15, 0.2) is 0 Å². The van der Waals surface area contributed by atoms with E-state index in [1.165, 1.54) is 11.3 Å². The van der Waals surface area contributed by atoms with Crippen LogP contribution in [0.25, 0.3) is 0 Å². The largest absolute Gasteiger partial charge is 0.450 e. The second-order valence-corrected chi connectivity index (χ2v) is 4.01. The van der Waals surface area contributed by atoms with Gasteiger partial charge in [0.05, 0.1) is 6.61 Å². The molecule has 0 aliphatic rings. The van der Waals surface area contributed by atoms with Crippen molar-refractivity contribution in [3.8, 4) is 0 Å². The Morgan fingerprint density at radius 3 is 2.93 bits per heavy atom. The first-order valence-corrected chi connectivity index (χ1v) is 5.84. The lowest BCUT2D eigenvalue weighted by Crippen LogP contribution is -2.12. The van der Waals surface area contributed by atoms with Crippen LogP contribution in [0.5, 0.6) is 0 Å². The van der Waals surface area contributed by atoms with Crippen LogP contribution in [0.1, 0.15) is 31.7 Å². The van der Waals surface area contributed by atoms with Crippen molar-refractivity contribution in [3.63, 3.8) is 0 Å². The van der Waals surface area contributed by atoms with Gasteiger partial charge in [-0.15, -0.1) is 10.2 Å². The molecule has 5 nitrogen and oxygen atoms in total. The Labute approximate surface area is 92.9 Å². The van der Waals surface area contributed by atoms with Crippen LogP contribution in [-0.4, -0.2) is 22.9 Å². The zero-order valence-corrected chi connectivity index (χ0v) is 9.76. The first-order valence-electron chi connectivity index (χ1n) is 5.02. The van der Waals surface area contributed by atoms with Crippen LogP contribution >= 0.6 is 11.3 Å². The zero-order valence-electron chi connectivity index (χ0n) is 8.95. The van der Waals surface area contributed by atoms with E-state index in [0.717, 1.165) is 24.3 Å². The van der Waals surface area contributed by atoms with E-state index in [9.17, 15) is 4.79 Å². The number of hydrogen-bond acceptors (Lipinski definition) is 5. The number of unbranched alkanes of at least 4 members (excludes halogenated alkanes) is 1. The second kappa shape index (κ2) is 6.34. The van der Waals surface area contributed by atoms with Crippen molar-refractivity contribution in [2.75, 3.05) is 11.9 Å². The molecule has 1 aromatic rings. The number of hydrogen-bond donors (Lipinski definition) is 1. The summed E-state index contributed by atoms with van der Waals surface area (Å²) in [4.78, 5) is 11.0. The highest BCUT2D eigenvalue weighted by molar-refractivity contribution is 7.15. The van der Waals surface area contributed by atoms with E-state index in [1.807, 2.05) is 0 Å². The molecule has 0 bridgehead atoms. The van der Waals surface area contributed by atoms with Gasteiger partial charge in [0.25, 0.3) is 0 Å². The van der Waals surface area contributed by atoms with E-state index in [-0.39, 0.29) is 0 Å². The maximum Gasteiger partial charge on any atom is 0.413 e. The normalized spacial score (nSPS) is 10.0.